The average Bonchev–Trinajstić information content (AvgIpc) is 2.92. The van der Waals surface area contributed by atoms with Crippen LogP contribution in [0, 0.1) is 0 Å². The van der Waals surface area contributed by atoms with E-state index < -0.39 is 92.1 Å². The van der Waals surface area contributed by atoms with Crippen LogP contribution in [0.3, 0.4) is 0 Å². The Bertz CT molecular complexity index is 727. The van der Waals surface area contributed by atoms with E-state index in [0.29, 0.717) is 0 Å². The first-order valence-corrected chi connectivity index (χ1v) is 12.9. The monoisotopic (exact) mass is 588 g/mol. The molecule has 3 aliphatic heterocycles. The zero-order valence-corrected chi connectivity index (χ0v) is 23.5. The van der Waals surface area contributed by atoms with Gasteiger partial charge in [0.05, 0.1) is 19.8 Å². The van der Waals surface area contributed by atoms with Gasteiger partial charge in [0.15, 0.2) is 18.9 Å². The largest absolute Gasteiger partial charge is 0.387 e. The lowest BCUT2D eigenvalue weighted by Gasteiger charge is -2.49. The first-order valence-electron chi connectivity index (χ1n) is 12.9. The minimum absolute atomic E-state index is 0.0381. The van der Waals surface area contributed by atoms with Gasteiger partial charge in [0.25, 0.3) is 0 Å². The first kappa shape index (κ1) is 33.9. The first-order chi connectivity index (χ1) is 19.2. The fourth-order valence-corrected chi connectivity index (χ4v) is 5.23. The van der Waals surface area contributed by atoms with Crippen molar-refractivity contribution in [2.45, 2.75) is 92.1 Å². The van der Waals surface area contributed by atoms with Gasteiger partial charge >= 0.3 is 0 Å². The number of aliphatic hydroxyl groups excluding tert-OH is 5. The molecule has 0 aliphatic carbocycles. The highest BCUT2D eigenvalue weighted by Gasteiger charge is 2.54. The highest BCUT2D eigenvalue weighted by atomic mass is 16.8. The fraction of sp³-hybridized carbons (Fsp3) is 1.00. The normalized spacial score (nSPS) is 46.4. The Labute approximate surface area is 232 Å². The third-order valence-corrected chi connectivity index (χ3v) is 7.29. The quantitative estimate of drug-likeness (QED) is 0.141. The van der Waals surface area contributed by atoms with E-state index in [2.05, 4.69) is 0 Å². The van der Waals surface area contributed by atoms with Gasteiger partial charge in [0.2, 0.25) is 0 Å². The minimum Gasteiger partial charge on any atom is -0.387 e. The number of methoxy groups -OCH3 is 6. The molecule has 0 aromatic carbocycles. The second-order valence-corrected chi connectivity index (χ2v) is 9.78. The SMILES string of the molecule is COC[C@H]1O[C@@H](O[C@H]2[C@H](O)[C@@H](OC)[C@H](O[C@H]3[C@H](O)[C@@H](OC)[C@H](O)O[C@@H]3COC)O[C@@H]2COC)[C@H](OC)[C@@H](O)[C@@H]1O. The second kappa shape index (κ2) is 15.7. The molecule has 3 rings (SSSR count). The molecule has 0 aromatic rings. The number of rotatable bonds is 13. The Kier molecular flexibility index (Phi) is 13.3. The molecule has 0 spiro atoms. The molecule has 3 heterocycles. The van der Waals surface area contributed by atoms with Gasteiger partial charge in [0.1, 0.15) is 73.2 Å². The predicted octanol–water partition coefficient (Wildman–Crippen LogP) is -3.65. The maximum Gasteiger partial charge on any atom is 0.187 e. The Morgan fingerprint density at radius 3 is 1.32 bits per heavy atom. The van der Waals surface area contributed by atoms with E-state index in [-0.39, 0.29) is 19.8 Å². The zero-order valence-electron chi connectivity index (χ0n) is 23.5. The van der Waals surface area contributed by atoms with Crippen LogP contribution >= 0.6 is 0 Å². The summed E-state index contributed by atoms with van der Waals surface area (Å²) in [5.74, 6) is 0. The predicted molar refractivity (Wildman–Crippen MR) is 130 cm³/mol. The van der Waals surface area contributed by atoms with Crippen molar-refractivity contribution in [1.29, 1.82) is 0 Å². The lowest BCUT2D eigenvalue weighted by molar-refractivity contribution is -0.381. The minimum atomic E-state index is -1.44. The summed E-state index contributed by atoms with van der Waals surface area (Å²) in [6, 6.07) is 0. The van der Waals surface area contributed by atoms with Crippen molar-refractivity contribution in [2.75, 3.05) is 62.5 Å². The van der Waals surface area contributed by atoms with E-state index in [0.717, 1.165) is 0 Å². The molecule has 0 aromatic heterocycles. The van der Waals surface area contributed by atoms with Crippen molar-refractivity contribution >= 4 is 0 Å². The van der Waals surface area contributed by atoms with Crippen molar-refractivity contribution in [1.82, 2.24) is 0 Å². The van der Waals surface area contributed by atoms with E-state index in [1.807, 2.05) is 0 Å². The third kappa shape index (κ3) is 7.28. The van der Waals surface area contributed by atoms with Crippen molar-refractivity contribution < 1.29 is 77.6 Å². The molecule has 0 radical (unpaired) electrons. The van der Waals surface area contributed by atoms with Crippen molar-refractivity contribution in [3.8, 4) is 0 Å². The standard InChI is InChI=1S/C24H44O16/c1-30-7-10-13(25)14(26)20(34-5)23(37-10)40-18-12(9-32-3)38-24(21(35-6)16(18)28)39-17-11(8-31-2)36-22(29)19(33-4)15(17)27/h10-29H,7-9H2,1-6H3/t10-,11-,12-,13-,14+,15+,16+,17-,18-,19-,20-,21-,22-,23+,24+/m1/s1. The van der Waals surface area contributed by atoms with Crippen LogP contribution in [0.25, 0.3) is 0 Å². The Hall–Kier alpha value is -0.640. The van der Waals surface area contributed by atoms with E-state index in [1.54, 1.807) is 0 Å². The molecule has 3 saturated heterocycles. The van der Waals surface area contributed by atoms with Gasteiger partial charge in [-0.05, 0) is 0 Å². The summed E-state index contributed by atoms with van der Waals surface area (Å²) in [5, 5.41) is 53.6. The van der Waals surface area contributed by atoms with Crippen LogP contribution in [0.4, 0.5) is 0 Å². The fourth-order valence-electron chi connectivity index (χ4n) is 5.23. The van der Waals surface area contributed by atoms with Crippen LogP contribution in [-0.4, -0.2) is 180 Å². The molecular formula is C24H44O16. The Balaban J connectivity index is 1.83. The Morgan fingerprint density at radius 2 is 0.850 bits per heavy atom. The molecule has 40 heavy (non-hydrogen) atoms. The summed E-state index contributed by atoms with van der Waals surface area (Å²) in [6.07, 6.45) is -17.9. The van der Waals surface area contributed by atoms with Crippen LogP contribution in [0.2, 0.25) is 0 Å². The van der Waals surface area contributed by atoms with E-state index in [1.165, 1.54) is 42.7 Å². The summed E-state index contributed by atoms with van der Waals surface area (Å²) >= 11 is 0. The van der Waals surface area contributed by atoms with E-state index >= 15 is 0 Å². The third-order valence-electron chi connectivity index (χ3n) is 7.29. The molecule has 3 fully saturated rings. The van der Waals surface area contributed by atoms with Crippen molar-refractivity contribution in [3.63, 3.8) is 0 Å². The number of hydrogen-bond donors (Lipinski definition) is 5. The average molecular weight is 589 g/mol. The van der Waals surface area contributed by atoms with E-state index in [9.17, 15) is 25.5 Å². The highest BCUT2D eigenvalue weighted by molar-refractivity contribution is 4.97. The summed E-state index contributed by atoms with van der Waals surface area (Å²) in [6.45, 7) is -0.148. The molecule has 236 valence electrons. The molecule has 16 heteroatoms. The molecular weight excluding hydrogens is 544 g/mol. The molecule has 0 unspecified atom stereocenters. The molecule has 0 bridgehead atoms. The number of ether oxygens (including phenoxy) is 11. The summed E-state index contributed by atoms with van der Waals surface area (Å²) < 4.78 is 61.3. The van der Waals surface area contributed by atoms with Gasteiger partial charge < -0.3 is 77.6 Å². The summed E-state index contributed by atoms with van der Waals surface area (Å²) in [4.78, 5) is 0. The molecule has 3 aliphatic rings. The summed E-state index contributed by atoms with van der Waals surface area (Å²) in [7, 11) is 8.21. The number of hydrogen-bond acceptors (Lipinski definition) is 16. The van der Waals surface area contributed by atoms with Gasteiger partial charge in [0, 0.05) is 42.7 Å². The molecule has 0 amide bonds. The van der Waals surface area contributed by atoms with Gasteiger partial charge in [-0.2, -0.15) is 0 Å². The maximum atomic E-state index is 11.4. The van der Waals surface area contributed by atoms with Gasteiger partial charge in [-0.25, -0.2) is 0 Å². The highest BCUT2D eigenvalue weighted by Crippen LogP contribution is 2.34. The topological polar surface area (TPSA) is 203 Å². The maximum absolute atomic E-state index is 11.4. The van der Waals surface area contributed by atoms with Crippen molar-refractivity contribution in [2.24, 2.45) is 0 Å². The van der Waals surface area contributed by atoms with Crippen LogP contribution in [0.15, 0.2) is 0 Å². The smallest absolute Gasteiger partial charge is 0.187 e. The Morgan fingerprint density at radius 1 is 0.450 bits per heavy atom. The van der Waals surface area contributed by atoms with Crippen LogP contribution < -0.4 is 0 Å². The number of aliphatic hydroxyl groups is 5. The molecule has 16 nitrogen and oxygen atoms in total. The van der Waals surface area contributed by atoms with Gasteiger partial charge in [-0.3, -0.25) is 0 Å². The molecule has 15 atom stereocenters. The van der Waals surface area contributed by atoms with Crippen LogP contribution in [0.1, 0.15) is 0 Å². The van der Waals surface area contributed by atoms with Gasteiger partial charge in [-0.1, -0.05) is 0 Å². The van der Waals surface area contributed by atoms with E-state index in [4.69, 9.17) is 52.1 Å². The zero-order chi connectivity index (χ0) is 29.6. The lowest BCUT2D eigenvalue weighted by Crippen LogP contribution is -2.67. The molecule has 5 N–H and O–H groups in total. The molecule has 0 saturated carbocycles. The van der Waals surface area contributed by atoms with Crippen LogP contribution in [0.5, 0.6) is 0 Å². The summed E-state index contributed by atoms with van der Waals surface area (Å²) in [5.41, 5.74) is 0. The van der Waals surface area contributed by atoms with Crippen LogP contribution in [-0.2, 0) is 52.1 Å². The van der Waals surface area contributed by atoms with Gasteiger partial charge in [-0.15, -0.1) is 0 Å². The second-order valence-electron chi connectivity index (χ2n) is 9.78. The van der Waals surface area contributed by atoms with Crippen molar-refractivity contribution in [3.05, 3.63) is 0 Å². The lowest BCUT2D eigenvalue weighted by atomic mass is 9.96.